The first kappa shape index (κ1) is 23.5. The number of nitrogens with zero attached hydrogens (tertiary/aromatic N) is 1. The predicted octanol–water partition coefficient (Wildman–Crippen LogP) is 1.76. The Morgan fingerprint density at radius 3 is 2.10 bits per heavy atom. The van der Waals surface area contributed by atoms with Gasteiger partial charge in [-0.3, -0.25) is 4.79 Å². The molecule has 3 amide bonds. The molecule has 1 heterocycles. The van der Waals surface area contributed by atoms with Crippen LogP contribution in [0, 0.1) is 0 Å². The second-order valence-electron chi connectivity index (χ2n) is 8.44. The molecule has 31 heavy (non-hydrogen) atoms. The number of hydrogen-bond acceptors (Lipinski definition) is 5. The maximum absolute atomic E-state index is 12.2. The summed E-state index contributed by atoms with van der Waals surface area (Å²) in [6.45, 7) is 2.32. The molecule has 1 aromatic carbocycles. The highest BCUT2D eigenvalue weighted by atomic mass is 32.2. The number of carbonyl (C=O) groups excluding carboxylic acids is 2. The Hall–Kier alpha value is -2.17. The van der Waals surface area contributed by atoms with Gasteiger partial charge in [-0.25, -0.2) is 18.4 Å². The number of urea groups is 1. The highest BCUT2D eigenvalue weighted by Gasteiger charge is 2.22. The fraction of sp³-hybridized carbons (Fsp3) is 0.619. The molecule has 1 aliphatic carbocycles. The molecule has 9 nitrogen and oxygen atoms in total. The van der Waals surface area contributed by atoms with Crippen LogP contribution < -0.4 is 21.1 Å². The molecule has 1 aromatic rings. The molecule has 0 spiro atoms. The van der Waals surface area contributed by atoms with E-state index in [1.54, 1.807) is 0 Å². The summed E-state index contributed by atoms with van der Waals surface area (Å²) in [7, 11) is -3.74. The zero-order valence-electron chi connectivity index (χ0n) is 17.8. The lowest BCUT2D eigenvalue weighted by molar-refractivity contribution is -0.116. The first-order valence-corrected chi connectivity index (χ1v) is 12.6. The topological polar surface area (TPSA) is 134 Å². The minimum absolute atomic E-state index is 0.00871. The van der Waals surface area contributed by atoms with Gasteiger partial charge in [0.05, 0.1) is 4.90 Å². The molecule has 0 aromatic heterocycles. The van der Waals surface area contributed by atoms with Crippen LogP contribution in [0.3, 0.4) is 0 Å². The maximum atomic E-state index is 12.2. The molecule has 5 N–H and O–H groups in total. The number of nitrogens with two attached hydrogens (primary N) is 1. The zero-order valence-corrected chi connectivity index (χ0v) is 18.6. The molecule has 2 aliphatic rings. The van der Waals surface area contributed by atoms with Gasteiger partial charge in [-0.2, -0.15) is 0 Å². The van der Waals surface area contributed by atoms with Crippen molar-refractivity contribution in [1.82, 2.24) is 15.5 Å². The number of nitrogens with one attached hydrogen (secondary N) is 3. The monoisotopic (exact) mass is 451 g/mol. The van der Waals surface area contributed by atoms with E-state index in [-0.39, 0.29) is 22.9 Å². The molecule has 0 bridgehead atoms. The first-order chi connectivity index (χ1) is 14.8. The standard InChI is InChI=1S/C21H33N5O4S/c22-31(29,30)19-8-6-17(7-9-19)23-20(27)12-15-26-13-10-18(11-14-26)25-21(28)24-16-4-2-1-3-5-16/h6-9,16,18H,1-5,10-15H2,(H,23,27)(H2,22,29,30)(H2,24,25,28). The summed E-state index contributed by atoms with van der Waals surface area (Å²) in [5.41, 5.74) is 0.532. The summed E-state index contributed by atoms with van der Waals surface area (Å²) in [5, 5.41) is 14.0. The Kier molecular flexibility index (Phi) is 8.28. The molecule has 2 fully saturated rings. The normalized spacial score (nSPS) is 19.0. The largest absolute Gasteiger partial charge is 0.335 e. The summed E-state index contributed by atoms with van der Waals surface area (Å²) in [6, 6.07) is 6.20. The van der Waals surface area contributed by atoms with Gasteiger partial charge in [0.25, 0.3) is 0 Å². The zero-order chi connectivity index (χ0) is 22.3. The van der Waals surface area contributed by atoms with Gasteiger partial charge < -0.3 is 20.9 Å². The fourth-order valence-electron chi connectivity index (χ4n) is 4.17. The van der Waals surface area contributed by atoms with E-state index in [0.717, 1.165) is 38.8 Å². The number of benzene rings is 1. The number of primary sulfonamides is 1. The van der Waals surface area contributed by atoms with Crippen LogP contribution in [-0.2, 0) is 14.8 Å². The van der Waals surface area contributed by atoms with Crippen molar-refractivity contribution in [1.29, 1.82) is 0 Å². The fourth-order valence-corrected chi connectivity index (χ4v) is 4.69. The van der Waals surface area contributed by atoms with Crippen LogP contribution in [0.2, 0.25) is 0 Å². The molecule has 1 aliphatic heterocycles. The third-order valence-corrected chi connectivity index (χ3v) is 6.91. The van der Waals surface area contributed by atoms with E-state index < -0.39 is 10.0 Å². The van der Waals surface area contributed by atoms with E-state index in [9.17, 15) is 18.0 Å². The van der Waals surface area contributed by atoms with Crippen LogP contribution >= 0.6 is 0 Å². The van der Waals surface area contributed by atoms with Crippen molar-refractivity contribution >= 4 is 27.6 Å². The maximum Gasteiger partial charge on any atom is 0.315 e. The predicted molar refractivity (Wildman–Crippen MR) is 119 cm³/mol. The Labute approximate surface area is 184 Å². The number of anilines is 1. The third kappa shape index (κ3) is 7.79. The Morgan fingerprint density at radius 1 is 0.935 bits per heavy atom. The van der Waals surface area contributed by atoms with Gasteiger partial charge in [0.15, 0.2) is 0 Å². The number of piperidine rings is 1. The quantitative estimate of drug-likeness (QED) is 0.501. The Morgan fingerprint density at radius 2 is 1.52 bits per heavy atom. The van der Waals surface area contributed by atoms with Crippen molar-refractivity contribution in [2.24, 2.45) is 5.14 Å². The molecule has 1 saturated heterocycles. The van der Waals surface area contributed by atoms with Crippen molar-refractivity contribution in [3.05, 3.63) is 24.3 Å². The number of likely N-dealkylation sites (tertiary alicyclic amines) is 1. The minimum atomic E-state index is -3.74. The van der Waals surface area contributed by atoms with Crippen molar-refractivity contribution < 1.29 is 18.0 Å². The molecule has 1 saturated carbocycles. The molecular weight excluding hydrogens is 418 g/mol. The van der Waals surface area contributed by atoms with Gasteiger partial charge >= 0.3 is 6.03 Å². The van der Waals surface area contributed by atoms with Crippen LogP contribution in [0.4, 0.5) is 10.5 Å². The molecule has 3 rings (SSSR count). The van der Waals surface area contributed by atoms with Gasteiger partial charge in [-0.1, -0.05) is 19.3 Å². The van der Waals surface area contributed by atoms with E-state index in [1.807, 2.05) is 0 Å². The summed E-state index contributed by atoms with van der Waals surface area (Å²) in [4.78, 5) is 26.6. The van der Waals surface area contributed by atoms with E-state index >= 15 is 0 Å². The molecular formula is C21H33N5O4S. The average molecular weight is 452 g/mol. The average Bonchev–Trinajstić information content (AvgIpc) is 2.74. The summed E-state index contributed by atoms with van der Waals surface area (Å²) in [6.07, 6.45) is 7.88. The Bertz CT molecular complexity index is 845. The first-order valence-electron chi connectivity index (χ1n) is 11.0. The SMILES string of the molecule is NS(=O)(=O)c1ccc(NC(=O)CCN2CCC(NC(=O)NC3CCCCC3)CC2)cc1. The van der Waals surface area contributed by atoms with E-state index in [4.69, 9.17) is 5.14 Å². The summed E-state index contributed by atoms with van der Waals surface area (Å²) in [5.74, 6) is -0.129. The number of carbonyl (C=O) groups is 2. The lowest BCUT2D eigenvalue weighted by atomic mass is 9.96. The second-order valence-corrected chi connectivity index (χ2v) is 10.00. The number of rotatable bonds is 7. The van der Waals surface area contributed by atoms with Crippen LogP contribution in [0.25, 0.3) is 0 Å². The van der Waals surface area contributed by atoms with Crippen molar-refractivity contribution in [2.45, 2.75) is 68.3 Å². The van der Waals surface area contributed by atoms with E-state index in [1.165, 1.54) is 43.5 Å². The van der Waals surface area contributed by atoms with Crippen LogP contribution in [0.1, 0.15) is 51.4 Å². The minimum Gasteiger partial charge on any atom is -0.335 e. The number of hydrogen-bond donors (Lipinski definition) is 4. The van der Waals surface area contributed by atoms with Gasteiger partial charge in [0.2, 0.25) is 15.9 Å². The van der Waals surface area contributed by atoms with E-state index in [2.05, 4.69) is 20.9 Å². The number of amides is 3. The molecule has 0 unspecified atom stereocenters. The highest BCUT2D eigenvalue weighted by molar-refractivity contribution is 7.89. The van der Waals surface area contributed by atoms with Crippen LogP contribution in [-0.4, -0.2) is 57.0 Å². The molecule has 0 atom stereocenters. The summed E-state index contributed by atoms with van der Waals surface area (Å²) >= 11 is 0. The van der Waals surface area contributed by atoms with Gasteiger partial charge in [0.1, 0.15) is 0 Å². The van der Waals surface area contributed by atoms with E-state index in [0.29, 0.717) is 24.7 Å². The van der Waals surface area contributed by atoms with Crippen molar-refractivity contribution in [3.63, 3.8) is 0 Å². The van der Waals surface area contributed by atoms with Gasteiger partial charge in [-0.05, 0) is 49.9 Å². The number of sulfonamides is 1. The lowest BCUT2D eigenvalue weighted by Gasteiger charge is -2.32. The Balaban J connectivity index is 1.32. The van der Waals surface area contributed by atoms with Crippen molar-refractivity contribution in [2.75, 3.05) is 25.0 Å². The van der Waals surface area contributed by atoms with Crippen LogP contribution in [0.15, 0.2) is 29.2 Å². The smallest absolute Gasteiger partial charge is 0.315 e. The third-order valence-electron chi connectivity index (χ3n) is 5.98. The summed E-state index contributed by atoms with van der Waals surface area (Å²) < 4.78 is 22.5. The molecule has 172 valence electrons. The van der Waals surface area contributed by atoms with Crippen molar-refractivity contribution in [3.8, 4) is 0 Å². The molecule has 0 radical (unpaired) electrons. The van der Waals surface area contributed by atoms with Gasteiger partial charge in [-0.15, -0.1) is 0 Å². The van der Waals surface area contributed by atoms with Crippen LogP contribution in [0.5, 0.6) is 0 Å². The lowest BCUT2D eigenvalue weighted by Crippen LogP contribution is -2.50. The van der Waals surface area contributed by atoms with Gasteiger partial charge in [0, 0.05) is 43.8 Å². The second kappa shape index (κ2) is 10.9. The highest BCUT2D eigenvalue weighted by Crippen LogP contribution is 2.18. The molecule has 10 heteroatoms.